The zero-order chi connectivity index (χ0) is 14.8. The molecule has 0 N–H and O–H groups in total. The fraction of sp³-hybridized carbons (Fsp3) is 0.286. The first-order valence-corrected chi connectivity index (χ1v) is 6.67. The lowest BCUT2D eigenvalue weighted by atomic mass is 10.1. The summed E-state index contributed by atoms with van der Waals surface area (Å²) in [5.41, 5.74) is 1.13. The maximum atomic E-state index is 11.1. The lowest BCUT2D eigenvalue weighted by molar-refractivity contribution is -0.388. The van der Waals surface area contributed by atoms with Gasteiger partial charge in [0.2, 0.25) is 12.1 Å². The molecule has 0 saturated heterocycles. The maximum absolute atomic E-state index is 11.1. The van der Waals surface area contributed by atoms with E-state index in [0.29, 0.717) is 25.3 Å². The number of hydrogen-bond donors (Lipinski definition) is 0. The second-order valence-corrected chi connectivity index (χ2v) is 4.87. The third kappa shape index (κ3) is 2.49. The molecule has 21 heavy (non-hydrogen) atoms. The Hall–Kier alpha value is -2.70. The summed E-state index contributed by atoms with van der Waals surface area (Å²) in [5, 5.41) is 11.1. The summed E-state index contributed by atoms with van der Waals surface area (Å²) in [6.07, 6.45) is 2.12. The van der Waals surface area contributed by atoms with Gasteiger partial charge in [0.15, 0.2) is 0 Å². The lowest BCUT2D eigenvalue weighted by Gasteiger charge is -2.19. The molecule has 1 aromatic heterocycles. The van der Waals surface area contributed by atoms with E-state index in [1.54, 1.807) is 11.6 Å². The molecule has 0 unspecified atom stereocenters. The highest BCUT2D eigenvalue weighted by atomic mass is 16.6. The number of anilines is 1. The van der Waals surface area contributed by atoms with Gasteiger partial charge in [-0.1, -0.05) is 30.3 Å². The molecule has 0 bridgehead atoms. The standard InChI is InChI=1S/C14H15N5O2/c1-17-10-16-13(19(20)21)14(17)18-8-7-15-12(18)9-11-5-3-2-4-6-11/h2-6,10H,7-9H2,1H3. The molecule has 0 fully saturated rings. The fourth-order valence-electron chi connectivity index (χ4n) is 2.50. The van der Waals surface area contributed by atoms with Crippen LogP contribution in [0.1, 0.15) is 5.56 Å². The van der Waals surface area contributed by atoms with Crippen LogP contribution in [0.5, 0.6) is 0 Å². The van der Waals surface area contributed by atoms with Crippen molar-refractivity contribution in [1.82, 2.24) is 9.55 Å². The van der Waals surface area contributed by atoms with E-state index in [-0.39, 0.29) is 5.82 Å². The monoisotopic (exact) mass is 285 g/mol. The number of hydrogen-bond acceptors (Lipinski definition) is 5. The molecule has 108 valence electrons. The Morgan fingerprint density at radius 1 is 1.33 bits per heavy atom. The van der Waals surface area contributed by atoms with Crippen LogP contribution in [0.25, 0.3) is 0 Å². The smallest absolute Gasteiger partial charge is 0.358 e. The number of nitrogens with zero attached hydrogens (tertiary/aromatic N) is 5. The maximum Gasteiger partial charge on any atom is 0.407 e. The van der Waals surface area contributed by atoms with Crippen molar-refractivity contribution in [3.8, 4) is 0 Å². The summed E-state index contributed by atoms with van der Waals surface area (Å²) in [6, 6.07) is 9.96. The molecule has 1 aliphatic rings. The van der Waals surface area contributed by atoms with Crippen molar-refractivity contribution in [3.05, 3.63) is 52.3 Å². The van der Waals surface area contributed by atoms with E-state index in [0.717, 1.165) is 11.4 Å². The largest absolute Gasteiger partial charge is 0.407 e. The third-order valence-electron chi connectivity index (χ3n) is 3.45. The summed E-state index contributed by atoms with van der Waals surface area (Å²) in [4.78, 5) is 20.9. The van der Waals surface area contributed by atoms with E-state index in [4.69, 9.17) is 0 Å². The summed E-state index contributed by atoms with van der Waals surface area (Å²) in [6.45, 7) is 1.28. The van der Waals surface area contributed by atoms with Crippen LogP contribution in [0.15, 0.2) is 41.7 Å². The quantitative estimate of drug-likeness (QED) is 0.634. The number of aryl methyl sites for hydroxylation is 1. The predicted molar refractivity (Wildman–Crippen MR) is 79.7 cm³/mol. The molecular weight excluding hydrogens is 270 g/mol. The molecule has 0 atom stereocenters. The lowest BCUT2D eigenvalue weighted by Crippen LogP contribution is -2.31. The number of rotatable bonds is 4. The average Bonchev–Trinajstić information content (AvgIpc) is 3.06. The molecule has 2 aromatic rings. The van der Waals surface area contributed by atoms with E-state index in [9.17, 15) is 10.1 Å². The molecule has 1 aromatic carbocycles. The SMILES string of the molecule is Cn1cnc([N+](=O)[O-])c1N1CCN=C1Cc1ccccc1. The predicted octanol–water partition coefficient (Wildman–Crippen LogP) is 1.79. The van der Waals surface area contributed by atoms with Crippen LogP contribution in [-0.2, 0) is 13.5 Å². The highest BCUT2D eigenvalue weighted by Crippen LogP contribution is 2.28. The van der Waals surface area contributed by atoms with Crippen molar-refractivity contribution >= 4 is 17.5 Å². The van der Waals surface area contributed by atoms with Gasteiger partial charge in [0.05, 0.1) is 6.54 Å². The number of amidine groups is 1. The number of benzene rings is 1. The van der Waals surface area contributed by atoms with Crippen LogP contribution < -0.4 is 4.90 Å². The van der Waals surface area contributed by atoms with Gasteiger partial charge >= 0.3 is 5.82 Å². The van der Waals surface area contributed by atoms with Gasteiger partial charge in [0, 0.05) is 20.0 Å². The van der Waals surface area contributed by atoms with Crippen molar-refractivity contribution in [3.63, 3.8) is 0 Å². The molecule has 0 radical (unpaired) electrons. The van der Waals surface area contributed by atoms with Crippen molar-refractivity contribution in [1.29, 1.82) is 0 Å². The molecular formula is C14H15N5O2. The van der Waals surface area contributed by atoms with Crippen molar-refractivity contribution in [2.75, 3.05) is 18.0 Å². The van der Waals surface area contributed by atoms with Crippen LogP contribution in [0, 0.1) is 10.1 Å². The van der Waals surface area contributed by atoms with Crippen molar-refractivity contribution < 1.29 is 4.92 Å². The first kappa shape index (κ1) is 13.3. The Morgan fingerprint density at radius 3 is 2.81 bits per heavy atom. The Labute approximate surface area is 121 Å². The summed E-state index contributed by atoms with van der Waals surface area (Å²) in [5.74, 6) is 1.21. The highest BCUT2D eigenvalue weighted by molar-refractivity contribution is 6.01. The van der Waals surface area contributed by atoms with E-state index in [1.807, 2.05) is 35.2 Å². The average molecular weight is 285 g/mol. The van der Waals surface area contributed by atoms with Gasteiger partial charge in [-0.25, -0.2) is 0 Å². The highest BCUT2D eigenvalue weighted by Gasteiger charge is 2.30. The summed E-state index contributed by atoms with van der Waals surface area (Å²) >= 11 is 0. The van der Waals surface area contributed by atoms with Gasteiger partial charge in [-0.15, -0.1) is 0 Å². The molecule has 1 aliphatic heterocycles. The fourth-order valence-corrected chi connectivity index (χ4v) is 2.50. The minimum absolute atomic E-state index is 0.125. The molecule has 7 heteroatoms. The summed E-state index contributed by atoms with van der Waals surface area (Å²) < 4.78 is 1.67. The molecule has 0 aliphatic carbocycles. The Balaban J connectivity index is 1.91. The number of nitro groups is 1. The van der Waals surface area contributed by atoms with Crippen LogP contribution in [0.2, 0.25) is 0 Å². The normalized spacial score (nSPS) is 14.3. The zero-order valence-electron chi connectivity index (χ0n) is 11.6. The molecule has 0 saturated carbocycles. The van der Waals surface area contributed by atoms with E-state index in [1.165, 1.54) is 6.33 Å². The van der Waals surface area contributed by atoms with E-state index < -0.39 is 4.92 Å². The Bertz CT molecular complexity index is 693. The van der Waals surface area contributed by atoms with Gasteiger partial charge in [-0.3, -0.25) is 9.56 Å². The minimum Gasteiger partial charge on any atom is -0.358 e. The van der Waals surface area contributed by atoms with Crippen molar-refractivity contribution in [2.24, 2.45) is 12.0 Å². The molecule has 7 nitrogen and oxygen atoms in total. The van der Waals surface area contributed by atoms with E-state index in [2.05, 4.69) is 9.98 Å². The van der Waals surface area contributed by atoms with E-state index >= 15 is 0 Å². The van der Waals surface area contributed by atoms with Gasteiger partial charge in [-0.05, 0) is 15.5 Å². The first-order chi connectivity index (χ1) is 10.2. The number of aromatic nitrogens is 2. The van der Waals surface area contributed by atoms with Crippen molar-refractivity contribution in [2.45, 2.75) is 6.42 Å². The number of aliphatic imine (C=N–C) groups is 1. The second kappa shape index (κ2) is 5.35. The van der Waals surface area contributed by atoms with Crippen LogP contribution >= 0.6 is 0 Å². The second-order valence-electron chi connectivity index (χ2n) is 4.87. The van der Waals surface area contributed by atoms with Crippen LogP contribution in [-0.4, -0.2) is 33.4 Å². The minimum atomic E-state index is -0.451. The third-order valence-corrected chi connectivity index (χ3v) is 3.45. The van der Waals surface area contributed by atoms with Gasteiger partial charge in [0.25, 0.3) is 0 Å². The Kier molecular flexibility index (Phi) is 3.39. The van der Waals surface area contributed by atoms with Crippen LogP contribution in [0.3, 0.4) is 0 Å². The molecule has 0 amide bonds. The topological polar surface area (TPSA) is 76.6 Å². The summed E-state index contributed by atoms with van der Waals surface area (Å²) in [7, 11) is 1.76. The van der Waals surface area contributed by atoms with Gasteiger partial charge in [-0.2, -0.15) is 0 Å². The van der Waals surface area contributed by atoms with Gasteiger partial charge < -0.3 is 15.0 Å². The number of imidazole rings is 1. The molecule has 2 heterocycles. The Morgan fingerprint density at radius 2 is 2.10 bits per heavy atom. The molecule has 3 rings (SSSR count). The van der Waals surface area contributed by atoms with Crippen LogP contribution in [0.4, 0.5) is 11.6 Å². The molecule has 0 spiro atoms. The zero-order valence-corrected chi connectivity index (χ0v) is 11.6. The first-order valence-electron chi connectivity index (χ1n) is 6.67. The van der Waals surface area contributed by atoms with Gasteiger partial charge in [0.1, 0.15) is 5.84 Å².